The topological polar surface area (TPSA) is 80.7 Å². The number of nitrogens with one attached hydrogen (secondary N) is 1. The number of aryl methyl sites for hydroxylation is 1. The van der Waals surface area contributed by atoms with E-state index in [-0.39, 0.29) is 23.2 Å². The summed E-state index contributed by atoms with van der Waals surface area (Å²) in [5.41, 5.74) is 1.70. The number of aromatic nitrogens is 1. The van der Waals surface area contributed by atoms with E-state index in [1.807, 2.05) is 19.1 Å². The molecule has 2 N–H and O–H groups in total. The first kappa shape index (κ1) is 16.5. The highest BCUT2D eigenvalue weighted by molar-refractivity contribution is 7.18. The van der Waals surface area contributed by atoms with Crippen LogP contribution in [0, 0.1) is 6.92 Å². The number of ether oxygens (including phenoxy) is 2. The maximum Gasteiger partial charge on any atom is 0.351 e. The first-order valence-electron chi connectivity index (χ1n) is 6.41. The summed E-state index contributed by atoms with van der Waals surface area (Å²) in [6, 6.07) is 5.48. The van der Waals surface area contributed by atoms with Gasteiger partial charge in [0.15, 0.2) is 15.2 Å². The Hall–Kier alpha value is -1.83. The van der Waals surface area contributed by atoms with Gasteiger partial charge in [-0.3, -0.25) is 0 Å². The van der Waals surface area contributed by atoms with Gasteiger partial charge < -0.3 is 19.9 Å². The summed E-state index contributed by atoms with van der Waals surface area (Å²) >= 11 is 7.03. The highest BCUT2D eigenvalue weighted by Crippen LogP contribution is 2.31. The Morgan fingerprint density at radius 1 is 1.50 bits per heavy atom. The van der Waals surface area contributed by atoms with Crippen LogP contribution in [0.1, 0.15) is 15.2 Å². The molecule has 0 fully saturated rings. The standard InChI is InChI=1S/C14H15ClN2O4S/c1-8-7-9(3-4-10(8)21-6-5-18)16-14-17-12(15)11(22-14)13(19)20-2/h3-4,7,18H,5-6H2,1-2H3,(H,16,17). The predicted molar refractivity (Wildman–Crippen MR) is 85.5 cm³/mol. The molecule has 0 aliphatic heterocycles. The van der Waals surface area contributed by atoms with Gasteiger partial charge >= 0.3 is 5.97 Å². The Bertz CT molecular complexity index is 675. The van der Waals surface area contributed by atoms with Crippen LogP contribution in [0.2, 0.25) is 5.15 Å². The van der Waals surface area contributed by atoms with E-state index in [1.165, 1.54) is 7.11 Å². The van der Waals surface area contributed by atoms with Crippen LogP contribution < -0.4 is 10.1 Å². The van der Waals surface area contributed by atoms with Crippen LogP contribution in [0.15, 0.2) is 18.2 Å². The van der Waals surface area contributed by atoms with Gasteiger partial charge in [-0.15, -0.1) is 0 Å². The maximum atomic E-state index is 11.5. The fraction of sp³-hybridized carbons (Fsp3) is 0.286. The molecule has 22 heavy (non-hydrogen) atoms. The number of nitrogens with zero attached hydrogens (tertiary/aromatic N) is 1. The van der Waals surface area contributed by atoms with Crippen molar-refractivity contribution in [1.29, 1.82) is 0 Å². The average Bonchev–Trinajstić information content (AvgIpc) is 2.86. The summed E-state index contributed by atoms with van der Waals surface area (Å²) in [5, 5.41) is 12.4. The minimum atomic E-state index is -0.514. The van der Waals surface area contributed by atoms with E-state index in [1.54, 1.807) is 6.07 Å². The SMILES string of the molecule is COC(=O)c1sc(Nc2ccc(OCCO)c(C)c2)nc1Cl. The lowest BCUT2D eigenvalue weighted by Gasteiger charge is -2.10. The van der Waals surface area contributed by atoms with Crippen LogP contribution >= 0.6 is 22.9 Å². The van der Waals surface area contributed by atoms with Crippen molar-refractivity contribution >= 4 is 39.7 Å². The summed E-state index contributed by atoms with van der Waals surface area (Å²) in [7, 11) is 1.29. The smallest absolute Gasteiger partial charge is 0.351 e. The Morgan fingerprint density at radius 2 is 2.27 bits per heavy atom. The van der Waals surface area contributed by atoms with Crippen LogP contribution in [0.4, 0.5) is 10.8 Å². The number of carbonyl (C=O) groups is 1. The Morgan fingerprint density at radius 3 is 2.91 bits per heavy atom. The molecular weight excluding hydrogens is 328 g/mol. The Balaban J connectivity index is 2.14. The third-order valence-electron chi connectivity index (χ3n) is 2.73. The summed E-state index contributed by atoms with van der Waals surface area (Å²) in [6.07, 6.45) is 0. The second kappa shape index (κ2) is 7.44. The molecule has 0 atom stereocenters. The zero-order chi connectivity index (χ0) is 16.1. The van der Waals surface area contributed by atoms with Crippen molar-refractivity contribution in [3.63, 3.8) is 0 Å². The quantitative estimate of drug-likeness (QED) is 0.785. The molecule has 0 amide bonds. The minimum absolute atomic E-state index is 0.0344. The highest BCUT2D eigenvalue weighted by Gasteiger charge is 2.17. The highest BCUT2D eigenvalue weighted by atomic mass is 35.5. The Kier molecular flexibility index (Phi) is 5.59. The molecule has 0 aliphatic carbocycles. The molecule has 1 aromatic heterocycles. The van der Waals surface area contributed by atoms with E-state index in [0.29, 0.717) is 10.9 Å². The van der Waals surface area contributed by atoms with Gasteiger partial charge in [0.05, 0.1) is 13.7 Å². The molecule has 2 aromatic rings. The molecule has 0 saturated carbocycles. The minimum Gasteiger partial charge on any atom is -0.491 e. The number of carbonyl (C=O) groups excluding carboxylic acids is 1. The van der Waals surface area contributed by atoms with Gasteiger partial charge in [-0.2, -0.15) is 0 Å². The van der Waals surface area contributed by atoms with Crippen LogP contribution in [0.3, 0.4) is 0 Å². The van der Waals surface area contributed by atoms with Crippen molar-refractivity contribution in [2.24, 2.45) is 0 Å². The van der Waals surface area contributed by atoms with Crippen molar-refractivity contribution < 1.29 is 19.4 Å². The second-order valence-electron chi connectivity index (χ2n) is 4.31. The Labute approximate surface area is 136 Å². The average molecular weight is 343 g/mol. The molecule has 1 heterocycles. The summed E-state index contributed by atoms with van der Waals surface area (Å²) < 4.78 is 10.0. The number of thiazole rings is 1. The monoisotopic (exact) mass is 342 g/mol. The van der Waals surface area contributed by atoms with Gasteiger partial charge in [-0.05, 0) is 30.7 Å². The van der Waals surface area contributed by atoms with E-state index in [2.05, 4.69) is 15.0 Å². The van der Waals surface area contributed by atoms with E-state index < -0.39 is 5.97 Å². The molecule has 0 bridgehead atoms. The van der Waals surface area contributed by atoms with E-state index in [9.17, 15) is 4.79 Å². The number of halogens is 1. The van der Waals surface area contributed by atoms with Gasteiger partial charge in [0.2, 0.25) is 0 Å². The number of benzene rings is 1. The number of anilines is 2. The lowest BCUT2D eigenvalue weighted by molar-refractivity contribution is 0.0606. The zero-order valence-electron chi connectivity index (χ0n) is 12.1. The number of aliphatic hydroxyl groups is 1. The zero-order valence-corrected chi connectivity index (χ0v) is 13.6. The largest absolute Gasteiger partial charge is 0.491 e. The molecule has 6 nitrogen and oxygen atoms in total. The first-order chi connectivity index (χ1) is 10.5. The van der Waals surface area contributed by atoms with Crippen LogP contribution in [0.25, 0.3) is 0 Å². The molecular formula is C14H15ClN2O4S. The van der Waals surface area contributed by atoms with Crippen molar-refractivity contribution in [3.8, 4) is 5.75 Å². The van der Waals surface area contributed by atoms with Crippen molar-refractivity contribution in [2.45, 2.75) is 6.92 Å². The molecule has 0 aliphatic rings. The molecule has 118 valence electrons. The third kappa shape index (κ3) is 3.88. The van der Waals surface area contributed by atoms with Gasteiger partial charge in [0.1, 0.15) is 12.4 Å². The van der Waals surface area contributed by atoms with Crippen LogP contribution in [-0.4, -0.2) is 36.4 Å². The fourth-order valence-electron chi connectivity index (χ4n) is 1.74. The van der Waals surface area contributed by atoms with E-state index >= 15 is 0 Å². The summed E-state index contributed by atoms with van der Waals surface area (Å²) in [5.74, 6) is 0.187. The van der Waals surface area contributed by atoms with Gasteiger partial charge in [0, 0.05) is 5.69 Å². The molecule has 0 saturated heterocycles. The van der Waals surface area contributed by atoms with Gasteiger partial charge in [0.25, 0.3) is 0 Å². The number of esters is 1. The lowest BCUT2D eigenvalue weighted by atomic mass is 10.2. The molecule has 0 radical (unpaired) electrons. The molecule has 8 heteroatoms. The maximum absolute atomic E-state index is 11.5. The fourth-order valence-corrected chi connectivity index (χ4v) is 2.86. The number of methoxy groups -OCH3 is 1. The number of hydrogen-bond acceptors (Lipinski definition) is 7. The summed E-state index contributed by atoms with van der Waals surface area (Å²) in [4.78, 5) is 15.8. The lowest BCUT2D eigenvalue weighted by Crippen LogP contribution is -2.03. The van der Waals surface area contributed by atoms with Gasteiger partial charge in [-0.25, -0.2) is 9.78 Å². The number of hydrogen-bond donors (Lipinski definition) is 2. The van der Waals surface area contributed by atoms with Gasteiger partial charge in [-0.1, -0.05) is 22.9 Å². The molecule has 0 unspecified atom stereocenters. The van der Waals surface area contributed by atoms with E-state index in [0.717, 1.165) is 22.6 Å². The first-order valence-corrected chi connectivity index (χ1v) is 7.60. The van der Waals surface area contributed by atoms with Crippen LogP contribution in [0.5, 0.6) is 5.75 Å². The number of aliphatic hydroxyl groups excluding tert-OH is 1. The van der Waals surface area contributed by atoms with Crippen molar-refractivity contribution in [1.82, 2.24) is 4.98 Å². The van der Waals surface area contributed by atoms with Crippen molar-refractivity contribution in [2.75, 3.05) is 25.6 Å². The molecule has 2 rings (SSSR count). The molecule has 1 aromatic carbocycles. The van der Waals surface area contributed by atoms with E-state index in [4.69, 9.17) is 21.4 Å². The molecule has 0 spiro atoms. The predicted octanol–water partition coefficient (Wildman–Crippen LogP) is 3.01. The summed E-state index contributed by atoms with van der Waals surface area (Å²) in [6.45, 7) is 2.11. The van der Waals surface area contributed by atoms with Crippen molar-refractivity contribution in [3.05, 3.63) is 33.8 Å². The number of rotatable bonds is 6. The van der Waals surface area contributed by atoms with Crippen LogP contribution in [-0.2, 0) is 4.74 Å². The second-order valence-corrected chi connectivity index (χ2v) is 5.66. The third-order valence-corrected chi connectivity index (χ3v) is 4.07. The normalized spacial score (nSPS) is 10.4.